The second-order valence-electron chi connectivity index (χ2n) is 4.78. The Balaban J connectivity index is 3.05. The molecule has 1 aromatic rings. The first-order valence-electron chi connectivity index (χ1n) is 5.17. The average molecular weight is 244 g/mol. The summed E-state index contributed by atoms with van der Waals surface area (Å²) in [6.07, 6.45) is 0. The number of hydrogen-bond donors (Lipinski definition) is 1. The highest BCUT2D eigenvalue weighted by molar-refractivity contribution is 5.98. The summed E-state index contributed by atoms with van der Waals surface area (Å²) in [5, 5.41) is 3.93. The first kappa shape index (κ1) is 13.5. The van der Waals surface area contributed by atoms with Crippen LogP contribution < -0.4 is 5.43 Å². The maximum Gasteiger partial charge on any atom is 0.195 e. The Bertz CT molecular complexity index is 448. The second-order valence-corrected chi connectivity index (χ2v) is 4.78. The van der Waals surface area contributed by atoms with E-state index in [1.807, 2.05) is 20.8 Å². The van der Waals surface area contributed by atoms with Crippen LogP contribution in [-0.2, 0) is 0 Å². The van der Waals surface area contributed by atoms with Crippen molar-refractivity contribution < 1.29 is 13.2 Å². The molecule has 0 atom stereocenters. The van der Waals surface area contributed by atoms with Gasteiger partial charge in [-0.3, -0.25) is 0 Å². The summed E-state index contributed by atoms with van der Waals surface area (Å²) >= 11 is 0. The SMILES string of the molecule is CC(=NNC(C)(C)C)c1ccc(F)c(F)c1F. The lowest BCUT2D eigenvalue weighted by Crippen LogP contribution is -2.32. The number of hydrogen-bond acceptors (Lipinski definition) is 2. The highest BCUT2D eigenvalue weighted by Gasteiger charge is 2.15. The third kappa shape index (κ3) is 3.47. The molecule has 1 rings (SSSR count). The smallest absolute Gasteiger partial charge is 0.195 e. The molecule has 2 nitrogen and oxygen atoms in total. The summed E-state index contributed by atoms with van der Waals surface area (Å²) in [6.45, 7) is 7.16. The van der Waals surface area contributed by atoms with Crippen LogP contribution in [0.3, 0.4) is 0 Å². The summed E-state index contributed by atoms with van der Waals surface area (Å²) in [5.41, 5.74) is 2.71. The van der Waals surface area contributed by atoms with Crippen molar-refractivity contribution in [2.75, 3.05) is 0 Å². The van der Waals surface area contributed by atoms with Crippen LogP contribution in [0.15, 0.2) is 17.2 Å². The van der Waals surface area contributed by atoms with Crippen LogP contribution in [0, 0.1) is 17.5 Å². The van der Waals surface area contributed by atoms with Crippen LogP contribution >= 0.6 is 0 Å². The van der Waals surface area contributed by atoms with E-state index in [9.17, 15) is 13.2 Å². The molecular formula is C12H15F3N2. The van der Waals surface area contributed by atoms with Gasteiger partial charge in [0.15, 0.2) is 17.5 Å². The third-order valence-electron chi connectivity index (χ3n) is 1.98. The molecule has 0 aliphatic rings. The van der Waals surface area contributed by atoms with Crippen LogP contribution in [0.25, 0.3) is 0 Å². The lowest BCUT2D eigenvalue weighted by atomic mass is 10.1. The minimum atomic E-state index is -1.48. The minimum Gasteiger partial charge on any atom is -0.305 e. The third-order valence-corrected chi connectivity index (χ3v) is 1.98. The number of benzene rings is 1. The van der Waals surface area contributed by atoms with Crippen molar-refractivity contribution >= 4 is 5.71 Å². The molecule has 0 aromatic heterocycles. The predicted octanol–water partition coefficient (Wildman–Crippen LogP) is 3.22. The Hall–Kier alpha value is -1.52. The van der Waals surface area contributed by atoms with E-state index >= 15 is 0 Å². The zero-order chi connectivity index (χ0) is 13.2. The van der Waals surface area contributed by atoms with E-state index in [2.05, 4.69) is 10.5 Å². The molecule has 94 valence electrons. The largest absolute Gasteiger partial charge is 0.305 e. The molecule has 0 aliphatic carbocycles. The maximum atomic E-state index is 13.4. The van der Waals surface area contributed by atoms with E-state index in [0.717, 1.165) is 12.1 Å². The highest BCUT2D eigenvalue weighted by atomic mass is 19.2. The van der Waals surface area contributed by atoms with Gasteiger partial charge in [-0.05, 0) is 39.8 Å². The fourth-order valence-corrected chi connectivity index (χ4v) is 1.12. The summed E-state index contributed by atoms with van der Waals surface area (Å²) in [6, 6.07) is 2.04. The van der Waals surface area contributed by atoms with E-state index in [1.165, 1.54) is 6.92 Å². The molecule has 0 saturated carbocycles. The van der Waals surface area contributed by atoms with Crippen molar-refractivity contribution in [1.82, 2.24) is 5.43 Å². The topological polar surface area (TPSA) is 24.4 Å². The van der Waals surface area contributed by atoms with E-state index in [0.29, 0.717) is 0 Å². The quantitative estimate of drug-likeness (QED) is 0.482. The van der Waals surface area contributed by atoms with Crippen LogP contribution in [0.1, 0.15) is 33.3 Å². The van der Waals surface area contributed by atoms with E-state index in [4.69, 9.17) is 0 Å². The Labute approximate surface area is 98.5 Å². The van der Waals surface area contributed by atoms with E-state index in [-0.39, 0.29) is 16.8 Å². The summed E-state index contributed by atoms with van der Waals surface area (Å²) in [4.78, 5) is 0. The normalized spacial score (nSPS) is 12.8. The van der Waals surface area contributed by atoms with Gasteiger partial charge in [0, 0.05) is 11.1 Å². The Morgan fingerprint density at radius 2 is 1.71 bits per heavy atom. The minimum absolute atomic E-state index is 0.0550. The van der Waals surface area contributed by atoms with Gasteiger partial charge in [0.2, 0.25) is 0 Å². The lowest BCUT2D eigenvalue weighted by Gasteiger charge is -2.18. The van der Waals surface area contributed by atoms with Gasteiger partial charge in [0.05, 0.1) is 5.71 Å². The van der Waals surface area contributed by atoms with Gasteiger partial charge < -0.3 is 5.43 Å². The van der Waals surface area contributed by atoms with Crippen LogP contribution in [0.5, 0.6) is 0 Å². The fourth-order valence-electron chi connectivity index (χ4n) is 1.12. The monoisotopic (exact) mass is 244 g/mol. The van der Waals surface area contributed by atoms with Crippen molar-refractivity contribution in [1.29, 1.82) is 0 Å². The summed E-state index contributed by atoms with van der Waals surface area (Å²) < 4.78 is 39.1. The van der Waals surface area contributed by atoms with E-state index < -0.39 is 17.5 Å². The molecular weight excluding hydrogens is 229 g/mol. The molecule has 1 aromatic carbocycles. The molecule has 0 aliphatic heterocycles. The molecule has 0 heterocycles. The molecule has 0 bridgehead atoms. The van der Waals surface area contributed by atoms with Crippen molar-refractivity contribution in [3.05, 3.63) is 35.1 Å². The highest BCUT2D eigenvalue weighted by Crippen LogP contribution is 2.16. The van der Waals surface area contributed by atoms with Gasteiger partial charge in [-0.25, -0.2) is 13.2 Å². The summed E-state index contributed by atoms with van der Waals surface area (Å²) in [5.74, 6) is -3.91. The fraction of sp³-hybridized carbons (Fsp3) is 0.417. The molecule has 0 unspecified atom stereocenters. The molecule has 0 amide bonds. The van der Waals surface area contributed by atoms with Crippen molar-refractivity contribution in [2.45, 2.75) is 33.2 Å². The number of halogens is 3. The molecule has 0 radical (unpaired) electrons. The first-order chi connectivity index (χ1) is 7.72. The van der Waals surface area contributed by atoms with E-state index in [1.54, 1.807) is 0 Å². The van der Waals surface area contributed by atoms with Crippen LogP contribution in [0.2, 0.25) is 0 Å². The predicted molar refractivity (Wildman–Crippen MR) is 61.4 cm³/mol. The number of nitrogens with one attached hydrogen (secondary N) is 1. The summed E-state index contributed by atoms with van der Waals surface area (Å²) in [7, 11) is 0. The Morgan fingerprint density at radius 1 is 1.12 bits per heavy atom. The first-order valence-corrected chi connectivity index (χ1v) is 5.17. The molecule has 0 saturated heterocycles. The van der Waals surface area contributed by atoms with Crippen molar-refractivity contribution in [2.24, 2.45) is 5.10 Å². The molecule has 5 heteroatoms. The number of nitrogens with zero attached hydrogens (tertiary/aromatic N) is 1. The average Bonchev–Trinajstić information content (AvgIpc) is 2.22. The number of hydrazone groups is 1. The molecule has 0 spiro atoms. The molecule has 0 fully saturated rings. The lowest BCUT2D eigenvalue weighted by molar-refractivity contribution is 0.438. The standard InChI is InChI=1S/C12H15F3N2/c1-7(16-17-12(2,3)4)8-5-6-9(13)11(15)10(8)14/h5-6,17H,1-4H3. The van der Waals surface area contributed by atoms with Gasteiger partial charge in [-0.2, -0.15) is 5.10 Å². The van der Waals surface area contributed by atoms with Gasteiger partial charge in [0.25, 0.3) is 0 Å². The van der Waals surface area contributed by atoms with Crippen molar-refractivity contribution in [3.8, 4) is 0 Å². The van der Waals surface area contributed by atoms with Gasteiger partial charge in [0.1, 0.15) is 0 Å². The maximum absolute atomic E-state index is 13.4. The Kier molecular flexibility index (Phi) is 3.80. The van der Waals surface area contributed by atoms with Gasteiger partial charge in [-0.1, -0.05) is 0 Å². The van der Waals surface area contributed by atoms with Gasteiger partial charge in [-0.15, -0.1) is 0 Å². The zero-order valence-corrected chi connectivity index (χ0v) is 10.2. The second kappa shape index (κ2) is 4.77. The van der Waals surface area contributed by atoms with Crippen LogP contribution in [0.4, 0.5) is 13.2 Å². The zero-order valence-electron chi connectivity index (χ0n) is 10.2. The number of rotatable bonds is 2. The Morgan fingerprint density at radius 3 is 2.24 bits per heavy atom. The van der Waals surface area contributed by atoms with Gasteiger partial charge >= 0.3 is 0 Å². The molecule has 1 N–H and O–H groups in total. The molecule has 17 heavy (non-hydrogen) atoms. The van der Waals surface area contributed by atoms with Crippen molar-refractivity contribution in [3.63, 3.8) is 0 Å². The van der Waals surface area contributed by atoms with Crippen LogP contribution in [-0.4, -0.2) is 11.3 Å².